The van der Waals surface area contributed by atoms with E-state index in [-0.39, 0.29) is 16.7 Å². The van der Waals surface area contributed by atoms with Gasteiger partial charge in [-0.15, -0.1) is 0 Å². The molecule has 1 aliphatic heterocycles. The predicted octanol–water partition coefficient (Wildman–Crippen LogP) is 2.21. The van der Waals surface area contributed by atoms with Crippen molar-refractivity contribution in [3.05, 3.63) is 26.7 Å². The van der Waals surface area contributed by atoms with Crippen LogP contribution in [0.4, 0.5) is 0 Å². The minimum Gasteiger partial charge on any atom is -0.342 e. The van der Waals surface area contributed by atoms with E-state index in [9.17, 15) is 14.4 Å². The third kappa shape index (κ3) is 4.31. The number of rotatable bonds is 3. The van der Waals surface area contributed by atoms with Crippen LogP contribution in [0.2, 0.25) is 0 Å². The van der Waals surface area contributed by atoms with Crippen molar-refractivity contribution >= 4 is 28.7 Å². The fourth-order valence-electron chi connectivity index (χ4n) is 3.62. The van der Waals surface area contributed by atoms with Gasteiger partial charge in [0.25, 0.3) is 5.56 Å². The minimum absolute atomic E-state index is 0.0626. The van der Waals surface area contributed by atoms with Gasteiger partial charge in [-0.05, 0) is 19.8 Å². The van der Waals surface area contributed by atoms with E-state index in [1.54, 1.807) is 7.05 Å². The molecule has 3 heterocycles. The lowest BCUT2D eigenvalue weighted by Gasteiger charge is -2.24. The van der Waals surface area contributed by atoms with E-state index in [0.29, 0.717) is 16.5 Å². The molecule has 30 heavy (non-hydrogen) atoms. The number of carbonyl (C=O) groups excluding carboxylic acids is 1. The van der Waals surface area contributed by atoms with Gasteiger partial charge in [0, 0.05) is 32.6 Å². The summed E-state index contributed by atoms with van der Waals surface area (Å²) in [6.45, 7) is 9.35. The van der Waals surface area contributed by atoms with Crippen LogP contribution in [0.15, 0.2) is 14.6 Å². The highest BCUT2D eigenvalue weighted by Gasteiger charge is 2.27. The molecule has 0 saturated carbocycles. The summed E-state index contributed by atoms with van der Waals surface area (Å²) in [7, 11) is 3.05. The van der Waals surface area contributed by atoms with Crippen molar-refractivity contribution in [1.82, 2.24) is 24.0 Å². The Balaban J connectivity index is 2.10. The molecule has 2 aromatic rings. The van der Waals surface area contributed by atoms with Crippen LogP contribution in [0.5, 0.6) is 0 Å². The molecule has 0 spiro atoms. The Labute approximate surface area is 180 Å². The van der Waals surface area contributed by atoms with Crippen molar-refractivity contribution in [1.29, 1.82) is 0 Å². The Kier molecular flexibility index (Phi) is 6.40. The van der Waals surface area contributed by atoms with Crippen LogP contribution in [-0.2, 0) is 24.3 Å². The summed E-state index contributed by atoms with van der Waals surface area (Å²) in [5, 5.41) is 0.348. The normalized spacial score (nSPS) is 16.5. The molecule has 1 amide bonds. The van der Waals surface area contributed by atoms with Crippen LogP contribution < -0.4 is 11.2 Å². The Morgan fingerprint density at radius 2 is 1.60 bits per heavy atom. The van der Waals surface area contributed by atoms with Crippen LogP contribution in [-0.4, -0.2) is 48.2 Å². The summed E-state index contributed by atoms with van der Waals surface area (Å²) in [4.78, 5) is 49.6. The van der Waals surface area contributed by atoms with E-state index in [2.05, 4.69) is 9.97 Å². The van der Waals surface area contributed by atoms with Crippen molar-refractivity contribution in [3.8, 4) is 0 Å². The zero-order valence-electron chi connectivity index (χ0n) is 18.7. The molecular weight excluding hydrogens is 402 g/mol. The highest BCUT2D eigenvalue weighted by Crippen LogP contribution is 2.30. The number of fused-ring (bicyclic) bond motifs is 1. The molecule has 3 rings (SSSR count). The van der Waals surface area contributed by atoms with E-state index in [1.807, 2.05) is 32.6 Å². The first kappa shape index (κ1) is 22.5. The lowest BCUT2D eigenvalue weighted by Crippen LogP contribution is -2.39. The molecule has 0 aliphatic carbocycles. The van der Waals surface area contributed by atoms with Gasteiger partial charge in [0.05, 0.1) is 5.25 Å². The monoisotopic (exact) mass is 433 g/mol. The Bertz CT molecular complexity index is 1080. The summed E-state index contributed by atoms with van der Waals surface area (Å²) in [6.07, 6.45) is 4.36. The average molecular weight is 434 g/mol. The van der Waals surface area contributed by atoms with Crippen LogP contribution in [0.1, 0.15) is 59.2 Å². The topological polar surface area (TPSA) is 90.1 Å². The van der Waals surface area contributed by atoms with E-state index in [4.69, 9.17) is 0 Å². The number of hydrogen-bond acceptors (Lipinski definition) is 6. The molecular formula is C21H31N5O3S. The van der Waals surface area contributed by atoms with Crippen LogP contribution in [0.3, 0.4) is 0 Å². The first-order valence-corrected chi connectivity index (χ1v) is 11.3. The van der Waals surface area contributed by atoms with Gasteiger partial charge < -0.3 is 4.90 Å². The van der Waals surface area contributed by atoms with Crippen LogP contribution >= 0.6 is 11.8 Å². The third-order valence-corrected chi connectivity index (χ3v) is 6.57. The molecule has 1 saturated heterocycles. The largest absolute Gasteiger partial charge is 0.342 e. The van der Waals surface area contributed by atoms with E-state index >= 15 is 0 Å². The number of aryl methyl sites for hydroxylation is 1. The maximum atomic E-state index is 13.1. The van der Waals surface area contributed by atoms with Gasteiger partial charge in [-0.3, -0.25) is 18.7 Å². The smallest absolute Gasteiger partial charge is 0.332 e. The molecule has 2 aromatic heterocycles. The fourth-order valence-corrected chi connectivity index (χ4v) is 4.64. The molecule has 9 heteroatoms. The second kappa shape index (κ2) is 8.53. The van der Waals surface area contributed by atoms with Gasteiger partial charge in [0.1, 0.15) is 16.2 Å². The van der Waals surface area contributed by atoms with Gasteiger partial charge in [-0.2, -0.15) is 0 Å². The summed E-state index contributed by atoms with van der Waals surface area (Å²) in [5.74, 6) is 0.600. The van der Waals surface area contributed by atoms with Gasteiger partial charge in [0.15, 0.2) is 5.65 Å². The molecule has 0 aromatic carbocycles. The molecule has 0 N–H and O–H groups in total. The molecule has 8 nitrogen and oxygen atoms in total. The fraction of sp³-hybridized carbons (Fsp3) is 0.667. The zero-order valence-corrected chi connectivity index (χ0v) is 19.5. The lowest BCUT2D eigenvalue weighted by atomic mass is 9.96. The second-order valence-electron chi connectivity index (χ2n) is 9.01. The first-order valence-electron chi connectivity index (χ1n) is 10.5. The molecule has 0 bridgehead atoms. The summed E-state index contributed by atoms with van der Waals surface area (Å²) < 4.78 is 2.44. The summed E-state index contributed by atoms with van der Waals surface area (Å²) in [6, 6.07) is 0. The molecule has 1 aliphatic rings. The lowest BCUT2D eigenvalue weighted by molar-refractivity contribution is -0.130. The molecule has 1 unspecified atom stereocenters. The van der Waals surface area contributed by atoms with Gasteiger partial charge in [0.2, 0.25) is 5.91 Å². The Morgan fingerprint density at radius 1 is 1.00 bits per heavy atom. The molecule has 1 atom stereocenters. The number of likely N-dealkylation sites (tertiary alicyclic amines) is 1. The van der Waals surface area contributed by atoms with Gasteiger partial charge >= 0.3 is 5.69 Å². The van der Waals surface area contributed by atoms with Crippen molar-refractivity contribution < 1.29 is 4.79 Å². The van der Waals surface area contributed by atoms with E-state index in [1.165, 1.54) is 23.4 Å². The van der Waals surface area contributed by atoms with E-state index in [0.717, 1.165) is 43.3 Å². The first-order chi connectivity index (χ1) is 14.0. The number of nitrogens with zero attached hydrogens (tertiary/aromatic N) is 5. The van der Waals surface area contributed by atoms with Crippen molar-refractivity contribution in [2.45, 2.75) is 69.1 Å². The van der Waals surface area contributed by atoms with Gasteiger partial charge in [-0.1, -0.05) is 45.4 Å². The number of hydrogen-bond donors (Lipinski definition) is 0. The summed E-state index contributed by atoms with van der Waals surface area (Å²) >= 11 is 1.28. The highest BCUT2D eigenvalue weighted by molar-refractivity contribution is 8.00. The number of thioether (sulfide) groups is 1. The Morgan fingerprint density at radius 3 is 2.17 bits per heavy atom. The molecule has 0 radical (unpaired) electrons. The average Bonchev–Trinajstić information content (AvgIpc) is 2.98. The third-order valence-electron chi connectivity index (χ3n) is 5.49. The maximum absolute atomic E-state index is 13.1. The zero-order chi connectivity index (χ0) is 22.2. The SMILES string of the molecule is CC(Sc1nc(C(C)(C)C)nc2c1c(=O)n(C)c(=O)n2C)C(=O)N1CCCCCC1. The van der Waals surface area contributed by atoms with Crippen LogP contribution in [0.25, 0.3) is 11.0 Å². The van der Waals surface area contributed by atoms with Crippen molar-refractivity contribution in [2.75, 3.05) is 13.1 Å². The maximum Gasteiger partial charge on any atom is 0.332 e. The second-order valence-corrected chi connectivity index (χ2v) is 10.3. The summed E-state index contributed by atoms with van der Waals surface area (Å²) in [5.41, 5.74) is -0.945. The number of amides is 1. The highest BCUT2D eigenvalue weighted by atomic mass is 32.2. The van der Waals surface area contributed by atoms with Crippen molar-refractivity contribution in [2.24, 2.45) is 14.1 Å². The van der Waals surface area contributed by atoms with E-state index < -0.39 is 16.5 Å². The quantitative estimate of drug-likeness (QED) is 0.545. The standard InChI is InChI=1S/C21H31N5O3S/c1-13(17(27)26-11-9-7-8-10-12-26)30-16-14-15(22-19(23-16)21(2,3)4)24(5)20(29)25(6)18(14)28/h13H,7-12H2,1-6H3. The number of carbonyl (C=O) groups is 1. The van der Waals surface area contributed by atoms with Crippen molar-refractivity contribution in [3.63, 3.8) is 0 Å². The van der Waals surface area contributed by atoms with Gasteiger partial charge in [-0.25, -0.2) is 14.8 Å². The molecule has 1 fully saturated rings. The predicted molar refractivity (Wildman–Crippen MR) is 119 cm³/mol. The minimum atomic E-state index is -0.439. The Hall–Kier alpha value is -2.16. The molecule has 164 valence electrons. The van der Waals surface area contributed by atoms with Crippen LogP contribution in [0, 0.1) is 0 Å². The number of aromatic nitrogens is 4.